The van der Waals surface area contributed by atoms with Crippen LogP contribution in [0.25, 0.3) is 0 Å². The molecule has 2 N–H and O–H groups in total. The zero-order chi connectivity index (χ0) is 18.2. The molecule has 1 aromatic rings. The lowest BCUT2D eigenvalue weighted by Crippen LogP contribution is -2.28. The van der Waals surface area contributed by atoms with Crippen LogP contribution in [0.1, 0.15) is 31.2 Å². The Balaban J connectivity index is 1.90. The first-order valence-corrected chi connectivity index (χ1v) is 8.90. The lowest BCUT2D eigenvalue weighted by Gasteiger charge is -2.22. The van der Waals surface area contributed by atoms with Gasteiger partial charge in [0, 0.05) is 20.5 Å². The Morgan fingerprint density at radius 3 is 2.68 bits per heavy atom. The lowest BCUT2D eigenvalue weighted by molar-refractivity contribution is -0.130. The molecule has 1 saturated heterocycles. The summed E-state index contributed by atoms with van der Waals surface area (Å²) < 4.78 is 5.62. The molecule has 0 aliphatic carbocycles. The van der Waals surface area contributed by atoms with E-state index in [-0.39, 0.29) is 18.4 Å². The molecular weight excluding hydrogens is 318 g/mol. The predicted octanol–water partition coefficient (Wildman–Crippen LogP) is 2.18. The second kappa shape index (κ2) is 9.42. The van der Waals surface area contributed by atoms with Crippen LogP contribution < -0.4 is 15.4 Å². The molecule has 1 aromatic carbocycles. The molecule has 0 spiro atoms. The third-order valence-electron chi connectivity index (χ3n) is 4.50. The van der Waals surface area contributed by atoms with Crippen molar-refractivity contribution in [3.63, 3.8) is 0 Å². The van der Waals surface area contributed by atoms with Crippen molar-refractivity contribution in [2.45, 2.75) is 32.6 Å². The molecule has 0 bridgehead atoms. The van der Waals surface area contributed by atoms with Gasteiger partial charge in [-0.25, -0.2) is 0 Å². The van der Waals surface area contributed by atoms with Gasteiger partial charge >= 0.3 is 0 Å². The Hall–Kier alpha value is -2.08. The van der Waals surface area contributed by atoms with Gasteiger partial charge in [-0.05, 0) is 62.9 Å². The Bertz CT molecular complexity index is 596. The van der Waals surface area contributed by atoms with Crippen molar-refractivity contribution in [1.29, 1.82) is 0 Å². The largest absolute Gasteiger partial charge is 0.482 e. The standard InChI is InChI=1S/C19H29N3O3/c1-14-4-6-16(17(12-14)25-13-19(24)22(2)3)21-18(23)7-5-15-8-10-20-11-9-15/h4,6,12,15,20H,5,7-11,13H2,1-3H3,(H,21,23). The van der Waals surface area contributed by atoms with E-state index in [0.29, 0.717) is 23.8 Å². The van der Waals surface area contributed by atoms with Crippen LogP contribution in [0.4, 0.5) is 5.69 Å². The summed E-state index contributed by atoms with van der Waals surface area (Å²) in [6, 6.07) is 5.58. The molecule has 138 valence electrons. The fraction of sp³-hybridized carbons (Fsp3) is 0.579. The molecule has 6 nitrogen and oxygen atoms in total. The van der Waals surface area contributed by atoms with Crippen LogP contribution in [0.2, 0.25) is 0 Å². The SMILES string of the molecule is Cc1ccc(NC(=O)CCC2CCNCC2)c(OCC(=O)N(C)C)c1. The number of anilines is 1. The van der Waals surface area contributed by atoms with Gasteiger partial charge < -0.3 is 20.3 Å². The van der Waals surface area contributed by atoms with Crippen LogP contribution in [0.15, 0.2) is 18.2 Å². The van der Waals surface area contributed by atoms with Gasteiger partial charge in [0.2, 0.25) is 5.91 Å². The number of aryl methyl sites for hydroxylation is 1. The summed E-state index contributed by atoms with van der Waals surface area (Å²) in [5.41, 5.74) is 1.63. The quantitative estimate of drug-likeness (QED) is 0.793. The molecule has 25 heavy (non-hydrogen) atoms. The maximum absolute atomic E-state index is 12.3. The molecule has 0 unspecified atom stereocenters. The van der Waals surface area contributed by atoms with Crippen molar-refractivity contribution in [2.75, 3.05) is 39.1 Å². The first-order valence-electron chi connectivity index (χ1n) is 8.90. The number of nitrogens with one attached hydrogen (secondary N) is 2. The maximum Gasteiger partial charge on any atom is 0.259 e. The summed E-state index contributed by atoms with van der Waals surface area (Å²) in [6.45, 7) is 3.99. The highest BCUT2D eigenvalue weighted by atomic mass is 16.5. The van der Waals surface area contributed by atoms with Crippen LogP contribution in [0.3, 0.4) is 0 Å². The van der Waals surface area contributed by atoms with Gasteiger partial charge in [-0.2, -0.15) is 0 Å². The average molecular weight is 347 g/mol. The topological polar surface area (TPSA) is 70.7 Å². The average Bonchev–Trinajstić information content (AvgIpc) is 2.60. The fourth-order valence-corrected chi connectivity index (χ4v) is 2.84. The van der Waals surface area contributed by atoms with E-state index in [1.54, 1.807) is 14.1 Å². The predicted molar refractivity (Wildman–Crippen MR) is 98.8 cm³/mol. The Labute approximate surface area is 149 Å². The van der Waals surface area contributed by atoms with Gasteiger partial charge in [0.05, 0.1) is 5.69 Å². The number of benzene rings is 1. The molecule has 1 fully saturated rings. The van der Waals surface area contributed by atoms with E-state index in [1.807, 2.05) is 25.1 Å². The number of carbonyl (C=O) groups is 2. The van der Waals surface area contributed by atoms with Gasteiger partial charge in [0.25, 0.3) is 5.91 Å². The molecule has 1 aliphatic heterocycles. The molecule has 0 saturated carbocycles. The van der Waals surface area contributed by atoms with E-state index in [4.69, 9.17) is 4.74 Å². The van der Waals surface area contributed by atoms with Crippen molar-refractivity contribution >= 4 is 17.5 Å². The van der Waals surface area contributed by atoms with Crippen LogP contribution in [0.5, 0.6) is 5.75 Å². The number of rotatable bonds is 7. The van der Waals surface area contributed by atoms with E-state index >= 15 is 0 Å². The first-order chi connectivity index (χ1) is 12.0. The third kappa shape index (κ3) is 6.38. The summed E-state index contributed by atoms with van der Waals surface area (Å²) in [7, 11) is 3.37. The number of likely N-dealkylation sites (N-methyl/N-ethyl adjacent to an activating group) is 1. The van der Waals surface area contributed by atoms with Crippen molar-refractivity contribution in [2.24, 2.45) is 5.92 Å². The molecule has 6 heteroatoms. The number of hydrogen-bond acceptors (Lipinski definition) is 4. The van der Waals surface area contributed by atoms with Crippen LogP contribution >= 0.6 is 0 Å². The van der Waals surface area contributed by atoms with Gasteiger partial charge in [0.1, 0.15) is 5.75 Å². The number of hydrogen-bond donors (Lipinski definition) is 2. The third-order valence-corrected chi connectivity index (χ3v) is 4.50. The summed E-state index contributed by atoms with van der Waals surface area (Å²) in [6.07, 6.45) is 3.70. The van der Waals surface area contributed by atoms with E-state index in [0.717, 1.165) is 37.9 Å². The zero-order valence-corrected chi connectivity index (χ0v) is 15.4. The minimum atomic E-state index is -0.121. The number of nitrogens with zero attached hydrogens (tertiary/aromatic N) is 1. The smallest absolute Gasteiger partial charge is 0.259 e. The number of ether oxygens (including phenoxy) is 1. The van der Waals surface area contributed by atoms with Crippen molar-refractivity contribution < 1.29 is 14.3 Å². The summed E-state index contributed by atoms with van der Waals surface area (Å²) in [4.78, 5) is 25.5. The van der Waals surface area contributed by atoms with Gasteiger partial charge in [-0.1, -0.05) is 6.07 Å². The highest BCUT2D eigenvalue weighted by molar-refractivity contribution is 5.92. The van der Waals surface area contributed by atoms with E-state index < -0.39 is 0 Å². The maximum atomic E-state index is 12.3. The van der Waals surface area contributed by atoms with E-state index in [9.17, 15) is 9.59 Å². The van der Waals surface area contributed by atoms with Gasteiger partial charge in [-0.15, -0.1) is 0 Å². The van der Waals surface area contributed by atoms with Crippen LogP contribution in [0, 0.1) is 12.8 Å². The first kappa shape index (κ1) is 19.2. The molecule has 2 amide bonds. The highest BCUT2D eigenvalue weighted by Crippen LogP contribution is 2.26. The molecule has 0 atom stereocenters. The fourth-order valence-electron chi connectivity index (χ4n) is 2.84. The van der Waals surface area contributed by atoms with Crippen molar-refractivity contribution in [3.05, 3.63) is 23.8 Å². The Morgan fingerprint density at radius 1 is 1.28 bits per heavy atom. The van der Waals surface area contributed by atoms with Crippen molar-refractivity contribution in [1.82, 2.24) is 10.2 Å². The van der Waals surface area contributed by atoms with E-state index in [2.05, 4.69) is 10.6 Å². The van der Waals surface area contributed by atoms with Crippen molar-refractivity contribution in [3.8, 4) is 5.75 Å². The normalized spacial score (nSPS) is 14.8. The second-order valence-electron chi connectivity index (χ2n) is 6.86. The summed E-state index contributed by atoms with van der Waals surface area (Å²) in [5.74, 6) is 1.03. The van der Waals surface area contributed by atoms with Gasteiger partial charge in [0.15, 0.2) is 6.61 Å². The summed E-state index contributed by atoms with van der Waals surface area (Å²) in [5, 5.41) is 6.26. The molecule has 1 aliphatic rings. The molecule has 0 aromatic heterocycles. The molecule has 1 heterocycles. The monoisotopic (exact) mass is 347 g/mol. The van der Waals surface area contributed by atoms with Gasteiger partial charge in [-0.3, -0.25) is 9.59 Å². The lowest BCUT2D eigenvalue weighted by atomic mass is 9.93. The Morgan fingerprint density at radius 2 is 2.00 bits per heavy atom. The molecule has 2 rings (SSSR count). The van der Waals surface area contributed by atoms with Crippen LogP contribution in [-0.2, 0) is 9.59 Å². The number of piperidine rings is 1. The summed E-state index contributed by atoms with van der Waals surface area (Å²) >= 11 is 0. The number of amides is 2. The minimum Gasteiger partial charge on any atom is -0.482 e. The Kier molecular flexibility index (Phi) is 7.25. The zero-order valence-electron chi connectivity index (χ0n) is 15.4. The molecule has 0 radical (unpaired) electrons. The molecular formula is C19H29N3O3. The highest BCUT2D eigenvalue weighted by Gasteiger charge is 2.16. The number of carbonyl (C=O) groups excluding carboxylic acids is 2. The minimum absolute atomic E-state index is 0.00817. The van der Waals surface area contributed by atoms with E-state index in [1.165, 1.54) is 4.90 Å². The second-order valence-corrected chi connectivity index (χ2v) is 6.86. The van der Waals surface area contributed by atoms with Crippen LogP contribution in [-0.4, -0.2) is 50.5 Å².